The summed E-state index contributed by atoms with van der Waals surface area (Å²) in [6.07, 6.45) is 1.69. The van der Waals surface area contributed by atoms with Crippen molar-refractivity contribution >= 4 is 17.2 Å². The maximum atomic E-state index is 13.4. The lowest BCUT2D eigenvalue weighted by atomic mass is 10.3. The zero-order chi connectivity index (χ0) is 13.2. The molecule has 0 fully saturated rings. The molecule has 2 aromatic heterocycles. The number of nitrogens with zero attached hydrogens (tertiary/aromatic N) is 3. The minimum absolute atomic E-state index is 0.114. The molecule has 2 heterocycles. The Morgan fingerprint density at radius 3 is 2.84 bits per heavy atom. The number of benzene rings is 1. The molecule has 1 aromatic carbocycles. The Labute approximate surface area is 113 Å². The number of rotatable bonds is 3. The highest BCUT2D eigenvalue weighted by Crippen LogP contribution is 2.17. The molecule has 6 heteroatoms. The normalized spacial score (nSPS) is 10.8. The van der Waals surface area contributed by atoms with E-state index < -0.39 is 5.82 Å². The molecule has 0 bridgehead atoms. The standard InChI is InChI=1S/C13H9ClFN3O/c14-9-5-6-12-16-17-13(18(12)7-9)8-19-11-4-2-1-3-10(11)15/h1-7H,8H2. The van der Waals surface area contributed by atoms with Crippen LogP contribution in [0.2, 0.25) is 5.02 Å². The topological polar surface area (TPSA) is 39.4 Å². The number of hydrogen-bond acceptors (Lipinski definition) is 3. The third-order valence-electron chi connectivity index (χ3n) is 2.63. The molecule has 0 aliphatic rings. The van der Waals surface area contributed by atoms with E-state index in [0.717, 1.165) is 0 Å². The van der Waals surface area contributed by atoms with Gasteiger partial charge in [0, 0.05) is 6.20 Å². The summed E-state index contributed by atoms with van der Waals surface area (Å²) in [7, 11) is 0. The molecule has 0 aliphatic carbocycles. The van der Waals surface area contributed by atoms with E-state index >= 15 is 0 Å². The Balaban J connectivity index is 1.86. The van der Waals surface area contributed by atoms with Crippen LogP contribution in [0.15, 0.2) is 42.6 Å². The van der Waals surface area contributed by atoms with Crippen molar-refractivity contribution in [1.29, 1.82) is 0 Å². The first-order valence-electron chi connectivity index (χ1n) is 5.60. The van der Waals surface area contributed by atoms with Crippen LogP contribution >= 0.6 is 11.6 Å². The van der Waals surface area contributed by atoms with Gasteiger partial charge < -0.3 is 4.74 Å². The van der Waals surface area contributed by atoms with E-state index in [4.69, 9.17) is 16.3 Å². The first-order valence-corrected chi connectivity index (χ1v) is 5.98. The van der Waals surface area contributed by atoms with Crippen molar-refractivity contribution in [2.75, 3.05) is 0 Å². The molecule has 0 saturated heterocycles. The second kappa shape index (κ2) is 4.85. The summed E-state index contributed by atoms with van der Waals surface area (Å²) in [6, 6.07) is 9.69. The lowest BCUT2D eigenvalue weighted by Crippen LogP contribution is -2.02. The van der Waals surface area contributed by atoms with Crippen molar-refractivity contribution in [3.63, 3.8) is 0 Å². The molecular formula is C13H9ClFN3O. The minimum atomic E-state index is -0.408. The number of ether oxygens (including phenoxy) is 1. The van der Waals surface area contributed by atoms with Gasteiger partial charge in [-0.15, -0.1) is 10.2 Å². The van der Waals surface area contributed by atoms with Gasteiger partial charge in [0.05, 0.1) is 5.02 Å². The van der Waals surface area contributed by atoms with Gasteiger partial charge in [-0.25, -0.2) is 4.39 Å². The van der Waals surface area contributed by atoms with E-state index in [2.05, 4.69) is 10.2 Å². The summed E-state index contributed by atoms with van der Waals surface area (Å²) in [5.41, 5.74) is 0.663. The molecule has 0 unspecified atom stereocenters. The van der Waals surface area contributed by atoms with Crippen LogP contribution in [-0.2, 0) is 6.61 Å². The fourth-order valence-corrected chi connectivity index (χ4v) is 1.88. The average molecular weight is 278 g/mol. The number of aromatic nitrogens is 3. The first kappa shape index (κ1) is 11.9. The van der Waals surface area contributed by atoms with E-state index in [1.807, 2.05) is 0 Å². The lowest BCUT2D eigenvalue weighted by molar-refractivity contribution is 0.280. The van der Waals surface area contributed by atoms with E-state index in [1.54, 1.807) is 40.9 Å². The Kier molecular flexibility index (Phi) is 3.05. The van der Waals surface area contributed by atoms with E-state index in [-0.39, 0.29) is 12.4 Å². The average Bonchev–Trinajstić information content (AvgIpc) is 2.80. The van der Waals surface area contributed by atoms with Crippen molar-refractivity contribution < 1.29 is 9.13 Å². The molecule has 0 saturated carbocycles. The second-order valence-corrected chi connectivity index (χ2v) is 4.35. The summed E-state index contributed by atoms with van der Waals surface area (Å²) in [4.78, 5) is 0. The van der Waals surface area contributed by atoms with Crippen LogP contribution in [-0.4, -0.2) is 14.6 Å². The zero-order valence-electron chi connectivity index (χ0n) is 9.75. The Bertz CT molecular complexity index is 729. The predicted octanol–water partition coefficient (Wildman–Crippen LogP) is 3.10. The molecule has 96 valence electrons. The molecule has 4 nitrogen and oxygen atoms in total. The van der Waals surface area contributed by atoms with Gasteiger partial charge in [0.1, 0.15) is 6.61 Å². The minimum Gasteiger partial charge on any atom is -0.483 e. The molecule has 0 radical (unpaired) electrons. The van der Waals surface area contributed by atoms with Crippen molar-refractivity contribution in [1.82, 2.24) is 14.6 Å². The molecule has 0 spiro atoms. The van der Waals surface area contributed by atoms with Crippen LogP contribution in [0.25, 0.3) is 5.65 Å². The first-order chi connectivity index (χ1) is 9.24. The highest BCUT2D eigenvalue weighted by molar-refractivity contribution is 6.30. The third kappa shape index (κ3) is 2.37. The maximum absolute atomic E-state index is 13.4. The Morgan fingerprint density at radius 1 is 1.16 bits per heavy atom. The van der Waals surface area contributed by atoms with Crippen LogP contribution in [0.5, 0.6) is 5.75 Å². The SMILES string of the molecule is Fc1ccccc1OCc1nnc2ccc(Cl)cn12. The fourth-order valence-electron chi connectivity index (χ4n) is 1.71. The maximum Gasteiger partial charge on any atom is 0.175 e. The number of hydrogen-bond donors (Lipinski definition) is 0. The quantitative estimate of drug-likeness (QED) is 0.738. The largest absolute Gasteiger partial charge is 0.483 e. The van der Waals surface area contributed by atoms with Crippen LogP contribution < -0.4 is 4.74 Å². The predicted molar refractivity (Wildman–Crippen MR) is 68.7 cm³/mol. The molecule has 0 N–H and O–H groups in total. The van der Waals surface area contributed by atoms with Crippen LogP contribution in [0.1, 0.15) is 5.82 Å². The number of para-hydroxylation sites is 1. The summed E-state index contributed by atoms with van der Waals surface area (Å²) >= 11 is 5.91. The van der Waals surface area contributed by atoms with Gasteiger partial charge in [-0.2, -0.15) is 0 Å². The van der Waals surface area contributed by atoms with Crippen molar-refractivity contribution in [2.24, 2.45) is 0 Å². The Morgan fingerprint density at radius 2 is 2.00 bits per heavy atom. The van der Waals surface area contributed by atoms with E-state index in [9.17, 15) is 4.39 Å². The number of pyridine rings is 1. The van der Waals surface area contributed by atoms with Gasteiger partial charge in [0.2, 0.25) is 0 Å². The van der Waals surface area contributed by atoms with E-state index in [1.165, 1.54) is 6.07 Å². The molecule has 0 amide bonds. The smallest absolute Gasteiger partial charge is 0.175 e. The lowest BCUT2D eigenvalue weighted by Gasteiger charge is -2.05. The summed E-state index contributed by atoms with van der Waals surface area (Å²) in [5, 5.41) is 8.53. The van der Waals surface area contributed by atoms with Crippen molar-refractivity contribution in [2.45, 2.75) is 6.61 Å². The monoisotopic (exact) mass is 277 g/mol. The van der Waals surface area contributed by atoms with Crippen LogP contribution in [0, 0.1) is 5.82 Å². The Hall–Kier alpha value is -2.14. The highest BCUT2D eigenvalue weighted by atomic mass is 35.5. The molecular weight excluding hydrogens is 269 g/mol. The van der Waals surface area contributed by atoms with Crippen molar-refractivity contribution in [3.8, 4) is 5.75 Å². The van der Waals surface area contributed by atoms with Gasteiger partial charge >= 0.3 is 0 Å². The second-order valence-electron chi connectivity index (χ2n) is 3.91. The van der Waals surface area contributed by atoms with Gasteiger partial charge in [-0.3, -0.25) is 4.40 Å². The molecule has 19 heavy (non-hydrogen) atoms. The number of fused-ring (bicyclic) bond motifs is 1. The highest BCUT2D eigenvalue weighted by Gasteiger charge is 2.08. The van der Waals surface area contributed by atoms with Crippen LogP contribution in [0.3, 0.4) is 0 Å². The van der Waals surface area contributed by atoms with Gasteiger partial charge in [0.15, 0.2) is 23.0 Å². The molecule has 3 rings (SSSR count). The number of halogens is 2. The summed E-state index contributed by atoms with van der Waals surface area (Å²) < 4.78 is 20.5. The summed E-state index contributed by atoms with van der Waals surface area (Å²) in [5.74, 6) is 0.330. The van der Waals surface area contributed by atoms with Crippen LogP contribution in [0.4, 0.5) is 4.39 Å². The molecule has 0 atom stereocenters. The third-order valence-corrected chi connectivity index (χ3v) is 2.85. The van der Waals surface area contributed by atoms with E-state index in [0.29, 0.717) is 16.5 Å². The van der Waals surface area contributed by atoms with Crippen molar-refractivity contribution in [3.05, 3.63) is 59.3 Å². The summed E-state index contributed by atoms with van der Waals surface area (Å²) in [6.45, 7) is 0.114. The molecule has 0 aliphatic heterocycles. The fraction of sp³-hybridized carbons (Fsp3) is 0.0769. The van der Waals surface area contributed by atoms with Gasteiger partial charge in [-0.1, -0.05) is 23.7 Å². The van der Waals surface area contributed by atoms with Gasteiger partial charge in [0.25, 0.3) is 0 Å². The zero-order valence-corrected chi connectivity index (χ0v) is 10.5. The molecule has 3 aromatic rings. The van der Waals surface area contributed by atoms with Gasteiger partial charge in [-0.05, 0) is 24.3 Å².